The second kappa shape index (κ2) is 7.65. The van der Waals surface area contributed by atoms with Gasteiger partial charge in [-0.15, -0.1) is 0 Å². The number of nitrogens with one attached hydrogen (secondary N) is 2. The predicted molar refractivity (Wildman–Crippen MR) is 84.7 cm³/mol. The molecule has 1 fully saturated rings. The van der Waals surface area contributed by atoms with Gasteiger partial charge >= 0.3 is 0 Å². The molecule has 0 atom stereocenters. The minimum absolute atomic E-state index is 0.0159. The van der Waals surface area contributed by atoms with Crippen molar-refractivity contribution in [3.63, 3.8) is 0 Å². The van der Waals surface area contributed by atoms with Crippen LogP contribution in [0.3, 0.4) is 0 Å². The molecule has 0 aromatic carbocycles. The lowest BCUT2D eigenvalue weighted by molar-refractivity contribution is -0.130. The van der Waals surface area contributed by atoms with Gasteiger partial charge in [-0.3, -0.25) is 14.6 Å². The zero-order chi connectivity index (χ0) is 17.7. The molecule has 1 aliphatic rings. The van der Waals surface area contributed by atoms with Gasteiger partial charge in [0.15, 0.2) is 0 Å². The molecule has 2 amide bonds. The van der Waals surface area contributed by atoms with E-state index in [1.54, 1.807) is 12.1 Å². The maximum Gasteiger partial charge on any atom is 0.267 e. The highest BCUT2D eigenvalue weighted by Gasteiger charge is 2.40. The Balaban J connectivity index is 1.86. The molecule has 1 saturated heterocycles. The fraction of sp³-hybridized carbons (Fsp3) is 0.562. The van der Waals surface area contributed by atoms with Crippen LogP contribution in [0.5, 0.6) is 0 Å². The molecule has 1 aliphatic heterocycles. The van der Waals surface area contributed by atoms with Gasteiger partial charge in [0.25, 0.3) is 11.8 Å². The van der Waals surface area contributed by atoms with Crippen LogP contribution in [0.25, 0.3) is 0 Å². The van der Waals surface area contributed by atoms with Crippen LogP contribution < -0.4 is 10.6 Å². The van der Waals surface area contributed by atoms with E-state index in [9.17, 15) is 18.4 Å². The Labute approximate surface area is 139 Å². The van der Waals surface area contributed by atoms with E-state index < -0.39 is 24.3 Å². The van der Waals surface area contributed by atoms with Gasteiger partial charge in [0.05, 0.1) is 18.8 Å². The monoisotopic (exact) mass is 340 g/mol. The lowest BCUT2D eigenvalue weighted by atomic mass is 10.2. The van der Waals surface area contributed by atoms with Crippen LogP contribution in [0.4, 0.5) is 8.78 Å². The first-order chi connectivity index (χ1) is 11.3. The van der Waals surface area contributed by atoms with E-state index in [2.05, 4.69) is 15.6 Å². The summed E-state index contributed by atoms with van der Waals surface area (Å²) in [7, 11) is 0. The molecule has 2 N–H and O–H groups in total. The number of hydrogen-bond acceptors (Lipinski definition) is 4. The Hall–Kier alpha value is -2.09. The molecule has 1 aromatic heterocycles. The average molecular weight is 340 g/mol. The summed E-state index contributed by atoms with van der Waals surface area (Å²) in [6.45, 7) is 3.68. The van der Waals surface area contributed by atoms with Crippen molar-refractivity contribution in [2.75, 3.05) is 19.6 Å². The molecule has 0 aliphatic carbocycles. The molecule has 2 heterocycles. The first kappa shape index (κ1) is 18.3. The molecule has 1 aromatic rings. The van der Waals surface area contributed by atoms with E-state index in [4.69, 9.17) is 0 Å². The number of amides is 2. The minimum Gasteiger partial charge on any atom is -0.343 e. The highest BCUT2D eigenvalue weighted by molar-refractivity contribution is 5.96. The number of likely N-dealkylation sites (tertiary alicyclic amines) is 1. The number of carbonyl (C=O) groups is 2. The Morgan fingerprint density at radius 3 is 2.79 bits per heavy atom. The zero-order valence-electron chi connectivity index (χ0n) is 13.8. The molecule has 6 nitrogen and oxygen atoms in total. The van der Waals surface area contributed by atoms with Gasteiger partial charge in [-0.1, -0.05) is 13.8 Å². The van der Waals surface area contributed by atoms with Gasteiger partial charge in [-0.2, -0.15) is 0 Å². The number of rotatable bonds is 6. The third-order valence-electron chi connectivity index (χ3n) is 3.69. The number of nitrogens with zero attached hydrogens (tertiary/aromatic N) is 2. The van der Waals surface area contributed by atoms with Gasteiger partial charge in [-0.25, -0.2) is 8.78 Å². The molecule has 2 rings (SSSR count). The molecule has 132 valence electrons. The van der Waals surface area contributed by atoms with Crippen molar-refractivity contribution in [2.24, 2.45) is 0 Å². The molecule has 24 heavy (non-hydrogen) atoms. The van der Waals surface area contributed by atoms with E-state index in [1.807, 2.05) is 13.8 Å². The normalized spacial score (nSPS) is 16.5. The molecule has 0 radical (unpaired) electrons. The standard InChI is InChI=1S/C16H22F2N4O2/c1-11(2)20-8-13-7-12(3-5-19-13)15(24)21-9-14(23)22-6-4-16(17,18)10-22/h3,5,7,11,20H,4,6,8-10H2,1-2H3,(H,21,24). The van der Waals surface area contributed by atoms with Crippen molar-refractivity contribution >= 4 is 11.8 Å². The summed E-state index contributed by atoms with van der Waals surface area (Å²) >= 11 is 0. The molecule has 0 spiro atoms. The SMILES string of the molecule is CC(C)NCc1cc(C(=O)NCC(=O)N2CCC(F)(F)C2)ccn1. The van der Waals surface area contributed by atoms with Crippen LogP contribution in [0, 0.1) is 0 Å². The van der Waals surface area contributed by atoms with E-state index in [-0.39, 0.29) is 19.5 Å². The van der Waals surface area contributed by atoms with Gasteiger partial charge in [0, 0.05) is 37.3 Å². The summed E-state index contributed by atoms with van der Waals surface area (Å²) in [6, 6.07) is 3.47. The summed E-state index contributed by atoms with van der Waals surface area (Å²) in [5.41, 5.74) is 1.09. The molecule has 0 unspecified atom stereocenters. The summed E-state index contributed by atoms with van der Waals surface area (Å²) in [5.74, 6) is -3.76. The number of pyridine rings is 1. The summed E-state index contributed by atoms with van der Waals surface area (Å²) in [5, 5.41) is 5.67. The second-order valence-electron chi connectivity index (χ2n) is 6.18. The molecular formula is C16H22F2N4O2. The third kappa shape index (κ3) is 5.23. The fourth-order valence-corrected chi connectivity index (χ4v) is 2.34. The molecule has 0 bridgehead atoms. The van der Waals surface area contributed by atoms with E-state index in [1.165, 1.54) is 6.20 Å². The van der Waals surface area contributed by atoms with Gasteiger partial charge in [-0.05, 0) is 12.1 Å². The highest BCUT2D eigenvalue weighted by atomic mass is 19.3. The first-order valence-electron chi connectivity index (χ1n) is 7.89. The maximum atomic E-state index is 13.1. The number of aromatic nitrogens is 1. The zero-order valence-corrected chi connectivity index (χ0v) is 13.8. The summed E-state index contributed by atoms with van der Waals surface area (Å²) in [6.07, 6.45) is 1.19. The van der Waals surface area contributed by atoms with Crippen molar-refractivity contribution < 1.29 is 18.4 Å². The average Bonchev–Trinajstić information content (AvgIpc) is 2.90. The Kier molecular flexibility index (Phi) is 5.82. The topological polar surface area (TPSA) is 74.3 Å². The lowest BCUT2D eigenvalue weighted by Gasteiger charge is -2.16. The van der Waals surface area contributed by atoms with Gasteiger partial charge < -0.3 is 15.5 Å². The largest absolute Gasteiger partial charge is 0.343 e. The van der Waals surface area contributed by atoms with Gasteiger partial charge in [0.1, 0.15) is 0 Å². The molecule has 8 heteroatoms. The summed E-state index contributed by atoms with van der Waals surface area (Å²) < 4.78 is 26.2. The van der Waals surface area contributed by atoms with Crippen LogP contribution in [0.1, 0.15) is 36.3 Å². The minimum atomic E-state index is -2.83. The Morgan fingerprint density at radius 2 is 2.17 bits per heavy atom. The Bertz CT molecular complexity index is 607. The van der Waals surface area contributed by atoms with Crippen molar-refractivity contribution in [1.29, 1.82) is 0 Å². The molecule has 0 saturated carbocycles. The number of halogens is 2. The first-order valence-corrected chi connectivity index (χ1v) is 7.89. The third-order valence-corrected chi connectivity index (χ3v) is 3.69. The van der Waals surface area contributed by atoms with Crippen LogP contribution in [-0.4, -0.2) is 53.3 Å². The van der Waals surface area contributed by atoms with Crippen molar-refractivity contribution in [3.8, 4) is 0 Å². The van der Waals surface area contributed by atoms with E-state index in [0.717, 1.165) is 4.90 Å². The maximum absolute atomic E-state index is 13.1. The second-order valence-corrected chi connectivity index (χ2v) is 6.18. The highest BCUT2D eigenvalue weighted by Crippen LogP contribution is 2.26. The lowest BCUT2D eigenvalue weighted by Crippen LogP contribution is -2.40. The number of hydrogen-bond donors (Lipinski definition) is 2. The van der Waals surface area contributed by atoms with Crippen LogP contribution in [0.2, 0.25) is 0 Å². The van der Waals surface area contributed by atoms with Crippen molar-refractivity contribution in [2.45, 2.75) is 38.8 Å². The van der Waals surface area contributed by atoms with Crippen molar-refractivity contribution in [3.05, 3.63) is 29.6 Å². The van der Waals surface area contributed by atoms with Crippen LogP contribution in [0.15, 0.2) is 18.3 Å². The number of carbonyl (C=O) groups excluding carboxylic acids is 2. The van der Waals surface area contributed by atoms with Crippen LogP contribution >= 0.6 is 0 Å². The molecular weight excluding hydrogens is 318 g/mol. The van der Waals surface area contributed by atoms with Gasteiger partial charge in [0.2, 0.25) is 5.91 Å². The van der Waals surface area contributed by atoms with E-state index >= 15 is 0 Å². The Morgan fingerprint density at radius 1 is 1.42 bits per heavy atom. The van der Waals surface area contributed by atoms with E-state index in [0.29, 0.717) is 23.8 Å². The number of alkyl halides is 2. The van der Waals surface area contributed by atoms with Crippen molar-refractivity contribution in [1.82, 2.24) is 20.5 Å². The fourth-order valence-electron chi connectivity index (χ4n) is 2.34. The smallest absolute Gasteiger partial charge is 0.267 e. The summed E-state index contributed by atoms with van der Waals surface area (Å²) in [4.78, 5) is 29.2. The predicted octanol–water partition coefficient (Wildman–Crippen LogP) is 1.18. The quantitative estimate of drug-likeness (QED) is 0.815. The van der Waals surface area contributed by atoms with Crippen LogP contribution in [-0.2, 0) is 11.3 Å².